The molecule has 2 saturated heterocycles. The highest BCUT2D eigenvalue weighted by Crippen LogP contribution is 2.40. The van der Waals surface area contributed by atoms with Gasteiger partial charge >= 0.3 is 6.18 Å². The molecule has 1 aromatic heterocycles. The number of nitrogens with zero attached hydrogens (tertiary/aromatic N) is 5. The highest BCUT2D eigenvalue weighted by Gasteiger charge is 2.51. The third kappa shape index (κ3) is 5.77. The highest BCUT2D eigenvalue weighted by molar-refractivity contribution is 7.81. The summed E-state index contributed by atoms with van der Waals surface area (Å²) in [5, 5.41) is 12.6. The fraction of sp³-hybridized carbons (Fsp3) is 0.500. The molecule has 1 N–H and O–H groups in total. The number of carbonyl (C=O) groups excluding carboxylic acids is 1. The second-order valence-corrected chi connectivity index (χ2v) is 11.5. The van der Waals surface area contributed by atoms with Crippen LogP contribution in [0.3, 0.4) is 0 Å². The van der Waals surface area contributed by atoms with Crippen LogP contribution in [-0.2, 0) is 17.4 Å². The number of nitriles is 1. The summed E-state index contributed by atoms with van der Waals surface area (Å²) in [6.45, 7) is 13.8. The molecule has 8 nitrogen and oxygen atoms in total. The summed E-state index contributed by atoms with van der Waals surface area (Å²) >= 11 is 5.64. The average Bonchev–Trinajstić information content (AvgIpc) is 3.06. The number of ether oxygens (including phenoxy) is 1. The van der Waals surface area contributed by atoms with E-state index in [-0.39, 0.29) is 16.3 Å². The highest BCUT2D eigenvalue weighted by atomic mass is 32.1. The van der Waals surface area contributed by atoms with E-state index in [1.165, 1.54) is 6.07 Å². The van der Waals surface area contributed by atoms with Crippen molar-refractivity contribution in [2.45, 2.75) is 58.3 Å². The van der Waals surface area contributed by atoms with Gasteiger partial charge in [-0.25, -0.2) is 4.98 Å². The number of rotatable bonds is 7. The number of anilines is 2. The molecule has 0 radical (unpaired) electrons. The molecule has 2 aliphatic rings. The number of carbonyl (C=O) groups is 1. The maximum Gasteiger partial charge on any atom is 0.419 e. The molecule has 0 aliphatic carbocycles. The molecular weight excluding hydrogens is 541 g/mol. The van der Waals surface area contributed by atoms with E-state index in [1.54, 1.807) is 24.8 Å². The van der Waals surface area contributed by atoms with Crippen molar-refractivity contribution < 1.29 is 22.7 Å². The summed E-state index contributed by atoms with van der Waals surface area (Å²) in [4.78, 5) is 22.2. The summed E-state index contributed by atoms with van der Waals surface area (Å²) in [7, 11) is 0. The van der Waals surface area contributed by atoms with Crippen LogP contribution in [0.25, 0.3) is 0 Å². The van der Waals surface area contributed by atoms with E-state index in [9.17, 15) is 18.0 Å². The molecule has 2 fully saturated rings. The Morgan fingerprint density at radius 1 is 1.20 bits per heavy atom. The molecule has 2 aliphatic heterocycles. The Balaban J connectivity index is 1.57. The molecule has 214 valence electrons. The lowest BCUT2D eigenvalue weighted by molar-refractivity contribution is -0.138. The first-order chi connectivity index (χ1) is 18.7. The quantitative estimate of drug-likeness (QED) is 0.484. The standard InChI is InChI=1S/C28H33F3N6O2S/c1-6-18-13-19(7-8-23(18)39-12-11-35-10-9-34-26(2,3)17-35)37-25(40)36(24(38)27(37,4)5)20-14-21(28(29,30)31)22(15-32)33-16-20/h7-8,13-14,16,34H,6,9-12,17H2,1-5H3. The van der Waals surface area contributed by atoms with Crippen LogP contribution in [0.1, 0.15) is 51.4 Å². The first kappa shape index (κ1) is 29.7. The second-order valence-electron chi connectivity index (χ2n) is 11.1. The Morgan fingerprint density at radius 3 is 2.55 bits per heavy atom. The number of benzene rings is 1. The van der Waals surface area contributed by atoms with Crippen LogP contribution < -0.4 is 19.9 Å². The lowest BCUT2D eigenvalue weighted by Gasteiger charge is -2.39. The van der Waals surface area contributed by atoms with Gasteiger partial charge in [0.2, 0.25) is 0 Å². The number of alkyl halides is 3. The predicted octanol–water partition coefficient (Wildman–Crippen LogP) is 4.51. The Labute approximate surface area is 237 Å². The minimum Gasteiger partial charge on any atom is -0.492 e. The molecule has 0 atom stereocenters. The Morgan fingerprint density at radius 2 is 1.93 bits per heavy atom. The van der Waals surface area contributed by atoms with Gasteiger partial charge in [0.15, 0.2) is 10.8 Å². The molecule has 3 heterocycles. The predicted molar refractivity (Wildman–Crippen MR) is 150 cm³/mol. The zero-order chi connectivity index (χ0) is 29.5. The normalized spacial score (nSPS) is 19.2. The fourth-order valence-corrected chi connectivity index (χ4v) is 5.70. The van der Waals surface area contributed by atoms with Gasteiger partial charge < -0.3 is 15.0 Å². The van der Waals surface area contributed by atoms with Crippen LogP contribution >= 0.6 is 12.2 Å². The number of hydrogen-bond acceptors (Lipinski definition) is 7. The summed E-state index contributed by atoms with van der Waals surface area (Å²) in [5.74, 6) is 0.229. The topological polar surface area (TPSA) is 84.7 Å². The van der Waals surface area contributed by atoms with Gasteiger partial charge in [0, 0.05) is 37.4 Å². The molecule has 1 amide bonds. The minimum atomic E-state index is -4.82. The smallest absolute Gasteiger partial charge is 0.419 e. The lowest BCUT2D eigenvalue weighted by Crippen LogP contribution is -2.57. The molecule has 4 rings (SSSR count). The third-order valence-electron chi connectivity index (χ3n) is 7.21. The molecular formula is C28H33F3N6O2S. The fourth-order valence-electron chi connectivity index (χ4n) is 5.18. The van der Waals surface area contributed by atoms with Gasteiger partial charge in [0.25, 0.3) is 5.91 Å². The van der Waals surface area contributed by atoms with Crippen LogP contribution in [-0.4, -0.2) is 64.8 Å². The largest absolute Gasteiger partial charge is 0.492 e. The average molecular weight is 575 g/mol. The van der Waals surface area contributed by atoms with Crippen molar-refractivity contribution >= 4 is 34.6 Å². The maximum absolute atomic E-state index is 13.6. The van der Waals surface area contributed by atoms with E-state index in [4.69, 9.17) is 22.2 Å². The first-order valence-corrected chi connectivity index (χ1v) is 13.5. The van der Waals surface area contributed by atoms with Crippen molar-refractivity contribution in [3.63, 3.8) is 0 Å². The van der Waals surface area contributed by atoms with E-state index in [1.807, 2.05) is 19.1 Å². The van der Waals surface area contributed by atoms with E-state index < -0.39 is 28.9 Å². The maximum atomic E-state index is 13.6. The molecule has 0 bridgehead atoms. The zero-order valence-electron chi connectivity index (χ0n) is 23.2. The molecule has 12 heteroatoms. The van der Waals surface area contributed by atoms with Crippen molar-refractivity contribution in [3.8, 4) is 11.8 Å². The number of pyridine rings is 1. The molecule has 2 aromatic rings. The Kier molecular flexibility index (Phi) is 8.13. The van der Waals surface area contributed by atoms with Gasteiger partial charge in [0.1, 0.15) is 24.0 Å². The molecule has 0 unspecified atom stereocenters. The van der Waals surface area contributed by atoms with Crippen LogP contribution in [0.4, 0.5) is 24.5 Å². The van der Waals surface area contributed by atoms with Gasteiger partial charge in [-0.2, -0.15) is 18.4 Å². The number of aryl methyl sites for hydroxylation is 1. The number of nitrogens with one attached hydrogen (secondary N) is 1. The number of thiocarbonyl (C=S) groups is 1. The SMILES string of the molecule is CCc1cc(N2C(=S)N(c3cnc(C#N)c(C(F)(F)F)c3)C(=O)C2(C)C)ccc1OCCN1CCNC(C)(C)C1. The molecule has 0 saturated carbocycles. The summed E-state index contributed by atoms with van der Waals surface area (Å²) in [6.07, 6.45) is -3.09. The number of aromatic nitrogens is 1. The van der Waals surface area contributed by atoms with Gasteiger partial charge in [-0.3, -0.25) is 14.6 Å². The van der Waals surface area contributed by atoms with Gasteiger partial charge in [-0.05, 0) is 76.2 Å². The number of hydrogen-bond donors (Lipinski definition) is 1. The minimum absolute atomic E-state index is 0.0201. The zero-order valence-corrected chi connectivity index (χ0v) is 24.0. The van der Waals surface area contributed by atoms with Crippen molar-refractivity contribution in [3.05, 3.63) is 47.3 Å². The third-order valence-corrected chi connectivity index (χ3v) is 7.57. The number of piperazine rings is 1. The Hall–Kier alpha value is -3.27. The second kappa shape index (κ2) is 11.0. The van der Waals surface area contributed by atoms with Crippen molar-refractivity contribution in [2.24, 2.45) is 0 Å². The number of amides is 1. The first-order valence-electron chi connectivity index (χ1n) is 13.1. The molecule has 0 spiro atoms. The van der Waals surface area contributed by atoms with E-state index in [0.29, 0.717) is 18.7 Å². The van der Waals surface area contributed by atoms with Crippen LogP contribution in [0.2, 0.25) is 0 Å². The van der Waals surface area contributed by atoms with Gasteiger partial charge in [0.05, 0.1) is 17.4 Å². The van der Waals surface area contributed by atoms with E-state index in [0.717, 1.165) is 54.7 Å². The summed E-state index contributed by atoms with van der Waals surface area (Å²) in [5.41, 5.74) is -1.73. The van der Waals surface area contributed by atoms with Gasteiger partial charge in [-0.1, -0.05) is 6.92 Å². The Bertz CT molecular complexity index is 1350. The number of halogens is 3. The lowest BCUT2D eigenvalue weighted by atomic mass is 10.0. The summed E-state index contributed by atoms with van der Waals surface area (Å²) < 4.78 is 46.9. The van der Waals surface area contributed by atoms with Crippen LogP contribution in [0.5, 0.6) is 5.75 Å². The van der Waals surface area contributed by atoms with Crippen molar-refractivity contribution in [1.29, 1.82) is 5.26 Å². The van der Waals surface area contributed by atoms with Crippen molar-refractivity contribution in [2.75, 3.05) is 42.6 Å². The molecule has 1 aromatic carbocycles. The van der Waals surface area contributed by atoms with Crippen LogP contribution in [0, 0.1) is 11.3 Å². The van der Waals surface area contributed by atoms with Crippen LogP contribution in [0.15, 0.2) is 30.5 Å². The van der Waals surface area contributed by atoms with E-state index in [2.05, 4.69) is 29.0 Å². The summed E-state index contributed by atoms with van der Waals surface area (Å²) in [6, 6.07) is 7.72. The van der Waals surface area contributed by atoms with Gasteiger partial charge in [-0.15, -0.1) is 0 Å². The van der Waals surface area contributed by atoms with Crippen molar-refractivity contribution in [1.82, 2.24) is 15.2 Å². The van der Waals surface area contributed by atoms with E-state index >= 15 is 0 Å². The molecule has 40 heavy (non-hydrogen) atoms. The monoisotopic (exact) mass is 574 g/mol.